The van der Waals surface area contributed by atoms with Crippen LogP contribution in [0.25, 0.3) is 0 Å². The van der Waals surface area contributed by atoms with Gasteiger partial charge in [0.2, 0.25) is 0 Å². The van der Waals surface area contributed by atoms with Crippen molar-refractivity contribution in [3.8, 4) is 0 Å². The van der Waals surface area contributed by atoms with Crippen molar-refractivity contribution in [1.29, 1.82) is 0 Å². The van der Waals surface area contributed by atoms with Gasteiger partial charge in [0.1, 0.15) is 5.00 Å². The molecule has 126 valence electrons. The first-order valence-electron chi connectivity index (χ1n) is 7.95. The molecule has 0 aliphatic carbocycles. The molecule has 23 heavy (non-hydrogen) atoms. The van der Waals surface area contributed by atoms with Crippen LogP contribution in [-0.2, 0) is 17.8 Å². The predicted molar refractivity (Wildman–Crippen MR) is 88.3 cm³/mol. The Kier molecular flexibility index (Phi) is 4.33. The van der Waals surface area contributed by atoms with E-state index in [9.17, 15) is 14.7 Å². The van der Waals surface area contributed by atoms with Gasteiger partial charge in [-0.05, 0) is 38.7 Å². The minimum atomic E-state index is -0.992. The summed E-state index contributed by atoms with van der Waals surface area (Å²) < 4.78 is 5.76. The number of rotatable bonds is 2. The molecule has 3 rings (SSSR count). The number of likely N-dealkylation sites (tertiary alicyclic amines) is 1. The molecule has 0 aromatic carbocycles. The first kappa shape index (κ1) is 16.3. The molecule has 0 saturated carbocycles. The molecule has 3 heterocycles. The molecular weight excluding hydrogens is 316 g/mol. The summed E-state index contributed by atoms with van der Waals surface area (Å²) in [6.45, 7) is 5.76. The number of aromatic carboxylic acids is 1. The molecular formula is C16H22N2O4S. The van der Waals surface area contributed by atoms with E-state index < -0.39 is 5.97 Å². The molecule has 0 spiro atoms. The van der Waals surface area contributed by atoms with Crippen molar-refractivity contribution in [1.82, 2.24) is 4.90 Å². The number of nitrogens with zero attached hydrogens (tertiary/aromatic N) is 1. The number of carbonyl (C=O) groups is 2. The highest BCUT2D eigenvalue weighted by molar-refractivity contribution is 7.17. The topological polar surface area (TPSA) is 78.9 Å². The Morgan fingerprint density at radius 2 is 1.96 bits per heavy atom. The maximum Gasteiger partial charge on any atom is 0.339 e. The highest BCUT2D eigenvalue weighted by atomic mass is 32.1. The van der Waals surface area contributed by atoms with Crippen LogP contribution in [0.1, 0.15) is 53.9 Å². The van der Waals surface area contributed by atoms with E-state index in [0.29, 0.717) is 18.0 Å². The molecule has 0 unspecified atom stereocenters. The minimum absolute atomic E-state index is 0.203. The molecule has 1 fully saturated rings. The largest absolute Gasteiger partial charge is 0.478 e. The summed E-state index contributed by atoms with van der Waals surface area (Å²) >= 11 is 1.32. The van der Waals surface area contributed by atoms with Gasteiger partial charge in [0.15, 0.2) is 0 Å². The second-order valence-corrected chi connectivity index (χ2v) is 7.82. The van der Waals surface area contributed by atoms with Crippen molar-refractivity contribution in [3.05, 3.63) is 16.0 Å². The second kappa shape index (κ2) is 6.13. The third-order valence-electron chi connectivity index (χ3n) is 4.36. The molecule has 1 aromatic heterocycles. The number of piperidine rings is 1. The van der Waals surface area contributed by atoms with Crippen molar-refractivity contribution in [2.45, 2.75) is 51.7 Å². The van der Waals surface area contributed by atoms with E-state index in [4.69, 9.17) is 4.74 Å². The lowest BCUT2D eigenvalue weighted by molar-refractivity contribution is -0.0384. The zero-order valence-corrected chi connectivity index (χ0v) is 14.3. The zero-order valence-electron chi connectivity index (χ0n) is 13.5. The lowest BCUT2D eigenvalue weighted by Gasteiger charge is -2.30. The average molecular weight is 338 g/mol. The normalized spacial score (nSPS) is 20.0. The number of urea groups is 1. The van der Waals surface area contributed by atoms with Crippen molar-refractivity contribution >= 4 is 28.3 Å². The van der Waals surface area contributed by atoms with Gasteiger partial charge in [-0.3, -0.25) is 5.32 Å². The van der Waals surface area contributed by atoms with Crippen LogP contribution < -0.4 is 5.32 Å². The van der Waals surface area contributed by atoms with Crippen LogP contribution in [0.3, 0.4) is 0 Å². The molecule has 7 heteroatoms. The van der Waals surface area contributed by atoms with E-state index in [1.165, 1.54) is 11.3 Å². The SMILES string of the molecule is CC1(C)Cc2c(sc(NC(=O)N3CCCCC3)c2C(=O)O)CO1. The number of nitrogens with one attached hydrogen (secondary N) is 1. The van der Waals surface area contributed by atoms with E-state index in [1.54, 1.807) is 4.90 Å². The van der Waals surface area contributed by atoms with Crippen LogP contribution in [0.5, 0.6) is 0 Å². The van der Waals surface area contributed by atoms with Crippen molar-refractivity contribution in [2.24, 2.45) is 0 Å². The molecule has 1 saturated heterocycles. The molecule has 0 atom stereocenters. The van der Waals surface area contributed by atoms with Crippen LogP contribution in [0, 0.1) is 0 Å². The summed E-state index contributed by atoms with van der Waals surface area (Å²) in [6, 6.07) is -0.203. The monoisotopic (exact) mass is 338 g/mol. The fraction of sp³-hybridized carbons (Fsp3) is 0.625. The van der Waals surface area contributed by atoms with Crippen molar-refractivity contribution in [2.75, 3.05) is 18.4 Å². The summed E-state index contributed by atoms with van der Waals surface area (Å²) in [5.41, 5.74) is 0.645. The number of anilines is 1. The predicted octanol–water partition coefficient (Wildman–Crippen LogP) is 3.32. The summed E-state index contributed by atoms with van der Waals surface area (Å²) in [6.07, 6.45) is 3.69. The summed E-state index contributed by atoms with van der Waals surface area (Å²) in [5.74, 6) is -0.992. The Labute approximate surface area is 139 Å². The summed E-state index contributed by atoms with van der Waals surface area (Å²) in [5, 5.41) is 12.9. The molecule has 1 aromatic rings. The van der Waals surface area contributed by atoms with Gasteiger partial charge >= 0.3 is 12.0 Å². The number of amides is 2. The third kappa shape index (κ3) is 3.35. The van der Waals surface area contributed by atoms with Crippen LogP contribution >= 0.6 is 11.3 Å². The second-order valence-electron chi connectivity index (χ2n) is 6.72. The number of hydrogen-bond acceptors (Lipinski definition) is 4. The van der Waals surface area contributed by atoms with Crippen molar-refractivity contribution < 1.29 is 19.4 Å². The minimum Gasteiger partial charge on any atom is -0.478 e. The van der Waals surface area contributed by atoms with Gasteiger partial charge in [0, 0.05) is 24.4 Å². The van der Waals surface area contributed by atoms with Crippen LogP contribution in [0.2, 0.25) is 0 Å². The first-order chi connectivity index (χ1) is 10.9. The van der Waals surface area contributed by atoms with E-state index in [2.05, 4.69) is 5.32 Å². The van der Waals surface area contributed by atoms with Crippen molar-refractivity contribution in [3.63, 3.8) is 0 Å². The molecule has 0 radical (unpaired) electrons. The Bertz CT molecular complexity index is 632. The van der Waals surface area contributed by atoms with E-state index in [1.807, 2.05) is 13.8 Å². The molecule has 2 aliphatic heterocycles. The van der Waals surface area contributed by atoms with Crippen LogP contribution in [-0.4, -0.2) is 40.7 Å². The standard InChI is InChI=1S/C16H22N2O4S/c1-16(2)8-10-11(9-22-16)23-13(12(10)14(19)20)17-15(21)18-6-4-3-5-7-18/h3-9H2,1-2H3,(H,17,21)(H,19,20). The smallest absolute Gasteiger partial charge is 0.339 e. The maximum atomic E-state index is 12.4. The lowest BCUT2D eigenvalue weighted by atomic mass is 9.93. The quantitative estimate of drug-likeness (QED) is 0.867. The highest BCUT2D eigenvalue weighted by Crippen LogP contribution is 2.40. The Balaban J connectivity index is 1.86. The van der Waals surface area contributed by atoms with E-state index >= 15 is 0 Å². The summed E-state index contributed by atoms with van der Waals surface area (Å²) in [7, 11) is 0. The molecule has 2 aliphatic rings. The Morgan fingerprint density at radius 3 is 2.61 bits per heavy atom. The fourth-order valence-electron chi connectivity index (χ4n) is 3.14. The third-order valence-corrected chi connectivity index (χ3v) is 5.49. The molecule has 2 amide bonds. The van der Waals surface area contributed by atoms with Gasteiger partial charge in [0.05, 0.1) is 17.8 Å². The Hall–Kier alpha value is -1.60. The number of carbonyl (C=O) groups excluding carboxylic acids is 1. The fourth-order valence-corrected chi connectivity index (χ4v) is 4.25. The number of fused-ring (bicyclic) bond motifs is 1. The number of hydrogen-bond donors (Lipinski definition) is 2. The first-order valence-corrected chi connectivity index (χ1v) is 8.77. The number of thiophene rings is 1. The molecule has 0 bridgehead atoms. The van der Waals surface area contributed by atoms with Crippen LogP contribution in [0.15, 0.2) is 0 Å². The van der Waals surface area contributed by atoms with Gasteiger partial charge in [-0.15, -0.1) is 11.3 Å². The van der Waals surface area contributed by atoms with Gasteiger partial charge in [-0.1, -0.05) is 0 Å². The van der Waals surface area contributed by atoms with Crippen LogP contribution in [0.4, 0.5) is 9.80 Å². The average Bonchev–Trinajstić information content (AvgIpc) is 2.84. The Morgan fingerprint density at radius 1 is 1.26 bits per heavy atom. The van der Waals surface area contributed by atoms with Gasteiger partial charge in [-0.25, -0.2) is 9.59 Å². The summed E-state index contributed by atoms with van der Waals surface area (Å²) in [4.78, 5) is 26.8. The van der Waals surface area contributed by atoms with E-state index in [-0.39, 0.29) is 17.2 Å². The van der Waals surface area contributed by atoms with E-state index in [0.717, 1.165) is 42.8 Å². The molecule has 2 N–H and O–H groups in total. The number of carboxylic acids is 1. The number of ether oxygens (including phenoxy) is 1. The van der Waals surface area contributed by atoms with Gasteiger partial charge in [0.25, 0.3) is 0 Å². The maximum absolute atomic E-state index is 12.4. The highest BCUT2D eigenvalue weighted by Gasteiger charge is 2.34. The van der Waals surface area contributed by atoms with Gasteiger partial charge in [-0.2, -0.15) is 0 Å². The lowest BCUT2D eigenvalue weighted by Crippen LogP contribution is -2.38. The number of carboxylic acid groups (broad SMARTS) is 1. The van der Waals surface area contributed by atoms with Gasteiger partial charge < -0.3 is 14.7 Å². The molecule has 6 nitrogen and oxygen atoms in total. The zero-order chi connectivity index (χ0) is 16.6.